The smallest absolute Gasteiger partial charge is 0.145 e. The van der Waals surface area contributed by atoms with E-state index >= 15 is 0 Å². The van der Waals surface area contributed by atoms with Crippen LogP contribution >= 0.6 is 0 Å². The maximum Gasteiger partial charge on any atom is 0.145 e. The zero-order valence-corrected chi connectivity index (χ0v) is 28.1. The minimum absolute atomic E-state index is 0.905. The van der Waals surface area contributed by atoms with Gasteiger partial charge in [-0.3, -0.25) is 9.13 Å². The molecular weight excluding hydrogens is 633 g/mol. The lowest BCUT2D eigenvalue weighted by Gasteiger charge is -2.13. The van der Waals surface area contributed by atoms with Gasteiger partial charge >= 0.3 is 0 Å². The van der Waals surface area contributed by atoms with Crippen LogP contribution in [0.3, 0.4) is 0 Å². The Morgan fingerprint density at radius 2 is 0.558 bits per heavy atom. The molecule has 9 aromatic carbocycles. The Bertz CT molecular complexity index is 2940. The minimum Gasteiger partial charge on any atom is -0.292 e. The first-order valence-electron chi connectivity index (χ1n) is 17.7. The normalized spacial score (nSPS) is 11.8. The lowest BCUT2D eigenvalue weighted by Crippen LogP contribution is -1.99. The van der Waals surface area contributed by atoms with E-state index in [9.17, 15) is 0 Å². The van der Waals surface area contributed by atoms with E-state index < -0.39 is 0 Å². The Labute approximate surface area is 299 Å². The predicted molar refractivity (Wildman–Crippen MR) is 217 cm³/mol. The second kappa shape index (κ2) is 11.2. The van der Waals surface area contributed by atoms with E-state index in [2.05, 4.69) is 191 Å². The summed E-state index contributed by atoms with van der Waals surface area (Å²) in [5.74, 6) is 1.81. The SMILES string of the molecule is c1ccc(-n2c(-c3ccc(-c4nc5c6ccccc6c6ccccc6c5n4-c4ccccc4)cc3)nc3c4ccccc4c4ccccc4c32)cc1. The summed E-state index contributed by atoms with van der Waals surface area (Å²) in [6.07, 6.45) is 0. The van der Waals surface area contributed by atoms with Gasteiger partial charge in [-0.2, -0.15) is 0 Å². The number of rotatable bonds is 4. The number of para-hydroxylation sites is 2. The Hall–Kier alpha value is -7.04. The van der Waals surface area contributed by atoms with Crippen molar-refractivity contribution in [2.75, 3.05) is 0 Å². The molecule has 0 bridgehead atoms. The van der Waals surface area contributed by atoms with E-state index in [4.69, 9.17) is 9.97 Å². The van der Waals surface area contributed by atoms with Gasteiger partial charge in [-0.05, 0) is 45.8 Å². The van der Waals surface area contributed by atoms with Crippen LogP contribution in [0.15, 0.2) is 182 Å². The molecule has 0 aliphatic carbocycles. The van der Waals surface area contributed by atoms with Crippen LogP contribution in [0.5, 0.6) is 0 Å². The predicted octanol–water partition coefficient (Wildman–Crippen LogP) is 12.3. The topological polar surface area (TPSA) is 35.6 Å². The summed E-state index contributed by atoms with van der Waals surface area (Å²) in [6.45, 7) is 0. The molecule has 11 rings (SSSR count). The number of benzene rings is 9. The van der Waals surface area contributed by atoms with Crippen LogP contribution in [0, 0.1) is 0 Å². The van der Waals surface area contributed by atoms with Crippen LogP contribution in [0.4, 0.5) is 0 Å². The number of imidazole rings is 2. The molecule has 0 unspecified atom stereocenters. The fraction of sp³-hybridized carbons (Fsp3) is 0. The van der Waals surface area contributed by atoms with E-state index in [1.54, 1.807) is 0 Å². The quantitative estimate of drug-likeness (QED) is 0.176. The molecule has 0 spiro atoms. The van der Waals surface area contributed by atoms with Crippen LogP contribution in [-0.2, 0) is 0 Å². The van der Waals surface area contributed by atoms with Crippen molar-refractivity contribution < 1.29 is 0 Å². The van der Waals surface area contributed by atoms with Gasteiger partial charge < -0.3 is 0 Å². The third kappa shape index (κ3) is 4.15. The molecule has 242 valence electrons. The van der Waals surface area contributed by atoms with Gasteiger partial charge in [0.25, 0.3) is 0 Å². The Morgan fingerprint density at radius 3 is 0.923 bits per heavy atom. The van der Waals surface area contributed by atoms with Gasteiger partial charge in [0.15, 0.2) is 0 Å². The Balaban J connectivity index is 1.18. The molecule has 11 aromatic rings. The third-order valence-corrected chi connectivity index (χ3v) is 10.5. The van der Waals surface area contributed by atoms with Gasteiger partial charge in [-0.25, -0.2) is 9.97 Å². The zero-order valence-electron chi connectivity index (χ0n) is 28.1. The van der Waals surface area contributed by atoms with Gasteiger partial charge in [0.1, 0.15) is 11.6 Å². The van der Waals surface area contributed by atoms with Crippen LogP contribution < -0.4 is 0 Å². The highest BCUT2D eigenvalue weighted by Gasteiger charge is 2.22. The molecule has 4 nitrogen and oxygen atoms in total. The monoisotopic (exact) mass is 662 g/mol. The molecular formula is C48H30N4. The second-order valence-corrected chi connectivity index (χ2v) is 13.4. The van der Waals surface area contributed by atoms with Crippen LogP contribution in [0.2, 0.25) is 0 Å². The molecule has 0 aliphatic heterocycles. The highest BCUT2D eigenvalue weighted by Crippen LogP contribution is 2.41. The van der Waals surface area contributed by atoms with Crippen molar-refractivity contribution in [1.82, 2.24) is 19.1 Å². The van der Waals surface area contributed by atoms with Crippen molar-refractivity contribution in [2.45, 2.75) is 0 Å². The van der Waals surface area contributed by atoms with Crippen molar-refractivity contribution in [3.05, 3.63) is 182 Å². The van der Waals surface area contributed by atoms with E-state index in [0.717, 1.165) is 67.0 Å². The molecule has 0 amide bonds. The molecule has 2 aromatic heterocycles. The summed E-state index contributed by atoms with van der Waals surface area (Å²) in [5.41, 5.74) is 8.46. The summed E-state index contributed by atoms with van der Waals surface area (Å²) >= 11 is 0. The van der Waals surface area contributed by atoms with Gasteiger partial charge in [0, 0.05) is 44.0 Å². The summed E-state index contributed by atoms with van der Waals surface area (Å²) in [6, 6.07) is 64.6. The summed E-state index contributed by atoms with van der Waals surface area (Å²) in [4.78, 5) is 10.9. The van der Waals surface area contributed by atoms with Gasteiger partial charge in [-0.15, -0.1) is 0 Å². The Morgan fingerprint density at radius 1 is 0.269 bits per heavy atom. The molecule has 0 N–H and O–H groups in total. The first-order valence-corrected chi connectivity index (χ1v) is 17.7. The summed E-state index contributed by atoms with van der Waals surface area (Å²) in [5, 5.41) is 9.56. The zero-order chi connectivity index (χ0) is 34.2. The van der Waals surface area contributed by atoms with E-state index in [1.807, 2.05) is 0 Å². The molecule has 0 aliphatic rings. The molecule has 2 heterocycles. The van der Waals surface area contributed by atoms with Crippen molar-refractivity contribution in [2.24, 2.45) is 0 Å². The first-order chi connectivity index (χ1) is 25.8. The largest absolute Gasteiger partial charge is 0.292 e. The van der Waals surface area contributed by atoms with Gasteiger partial charge in [0.2, 0.25) is 0 Å². The average Bonchev–Trinajstić information content (AvgIpc) is 3.83. The number of fused-ring (bicyclic) bond motifs is 12. The number of hydrogen-bond donors (Lipinski definition) is 0. The molecule has 0 fully saturated rings. The van der Waals surface area contributed by atoms with Gasteiger partial charge in [0.05, 0.1) is 22.1 Å². The highest BCUT2D eigenvalue weighted by atomic mass is 15.1. The van der Waals surface area contributed by atoms with Crippen molar-refractivity contribution in [1.29, 1.82) is 0 Å². The molecule has 0 radical (unpaired) electrons. The maximum atomic E-state index is 5.45. The van der Waals surface area contributed by atoms with Crippen LogP contribution in [-0.4, -0.2) is 19.1 Å². The Kier molecular flexibility index (Phi) is 6.22. The molecule has 0 saturated carbocycles. The first kappa shape index (κ1) is 28.8. The molecule has 52 heavy (non-hydrogen) atoms. The van der Waals surface area contributed by atoms with Gasteiger partial charge in [-0.1, -0.05) is 158 Å². The number of aromatic nitrogens is 4. The molecule has 4 heteroatoms. The van der Waals surface area contributed by atoms with Crippen molar-refractivity contribution in [3.8, 4) is 34.2 Å². The number of nitrogens with zero attached hydrogens (tertiary/aromatic N) is 4. The van der Waals surface area contributed by atoms with E-state index in [0.29, 0.717) is 0 Å². The molecule has 0 saturated heterocycles. The molecule has 0 atom stereocenters. The van der Waals surface area contributed by atoms with E-state index in [-0.39, 0.29) is 0 Å². The maximum absolute atomic E-state index is 5.45. The fourth-order valence-corrected chi connectivity index (χ4v) is 8.22. The third-order valence-electron chi connectivity index (χ3n) is 10.5. The van der Waals surface area contributed by atoms with E-state index in [1.165, 1.54) is 32.3 Å². The van der Waals surface area contributed by atoms with Crippen LogP contribution in [0.1, 0.15) is 0 Å². The fourth-order valence-electron chi connectivity index (χ4n) is 8.22. The van der Waals surface area contributed by atoms with Crippen molar-refractivity contribution >= 4 is 65.2 Å². The summed E-state index contributed by atoms with van der Waals surface area (Å²) < 4.78 is 4.66. The average molecular weight is 663 g/mol. The standard InChI is InChI=1S/C48H30N4/c1-3-15-33(16-4-1)51-45-41-25-13-9-21-37(41)35-19-7-11-23-39(35)43(45)49-47(51)31-27-29-32(30-28-31)48-50-44-40-24-12-8-20-36(40)38-22-10-14-26-42(38)46(44)52(48)34-17-5-2-6-18-34/h1-30H. The minimum atomic E-state index is 0.905. The second-order valence-electron chi connectivity index (χ2n) is 13.4. The summed E-state index contributed by atoms with van der Waals surface area (Å²) in [7, 11) is 0. The number of hydrogen-bond acceptors (Lipinski definition) is 2. The lowest BCUT2D eigenvalue weighted by atomic mass is 10.00. The highest BCUT2D eigenvalue weighted by molar-refractivity contribution is 6.25. The van der Waals surface area contributed by atoms with Crippen LogP contribution in [0.25, 0.3) is 99.3 Å². The lowest BCUT2D eigenvalue weighted by molar-refractivity contribution is 1.10. The van der Waals surface area contributed by atoms with Crippen molar-refractivity contribution in [3.63, 3.8) is 0 Å².